The minimum atomic E-state index is -0.639. The second-order valence-corrected chi connectivity index (χ2v) is 10.3. The first-order chi connectivity index (χ1) is 19.6. The van der Waals surface area contributed by atoms with Crippen LogP contribution in [-0.4, -0.2) is 11.9 Å². The van der Waals surface area contributed by atoms with Gasteiger partial charge in [-0.3, -0.25) is 9.78 Å². The van der Waals surface area contributed by atoms with Crippen molar-refractivity contribution >= 4 is 11.9 Å². The van der Waals surface area contributed by atoms with Crippen LogP contribution in [0.5, 0.6) is 0 Å². The Morgan fingerprint density at radius 1 is 0.550 bits per heavy atom. The summed E-state index contributed by atoms with van der Waals surface area (Å²) in [5.41, 5.74) is 3.11. The van der Waals surface area contributed by atoms with E-state index in [0.29, 0.717) is 17.5 Å². The third kappa shape index (κ3) is 14.1. The molecule has 220 valence electrons. The summed E-state index contributed by atoms with van der Waals surface area (Å²) < 4.78 is 0. The van der Waals surface area contributed by atoms with Crippen LogP contribution in [-0.2, 0) is 32.4 Å². The largest absolute Gasteiger partial charge is 0.373 e. The number of carbonyl (C=O) groups is 2. The summed E-state index contributed by atoms with van der Waals surface area (Å²) in [6, 6.07) is 14.6. The van der Waals surface area contributed by atoms with Gasteiger partial charge in [0.05, 0.1) is 11.1 Å². The van der Waals surface area contributed by atoms with Crippen molar-refractivity contribution in [3.8, 4) is 0 Å². The summed E-state index contributed by atoms with van der Waals surface area (Å²) in [4.78, 5) is 45.7. The van der Waals surface area contributed by atoms with Crippen LogP contribution in [0.1, 0.15) is 136 Å². The summed E-state index contributed by atoms with van der Waals surface area (Å²) in [5, 5.41) is 0. The number of carbonyl (C=O) groups excluding carboxylic acids is 2. The number of hydrogen-bond donors (Lipinski definition) is 0. The molecule has 2 rings (SSSR count). The summed E-state index contributed by atoms with van der Waals surface area (Å²) in [6.45, 7) is 8.22. The molecule has 6 nitrogen and oxygen atoms in total. The van der Waals surface area contributed by atoms with E-state index >= 15 is 0 Å². The van der Waals surface area contributed by atoms with Gasteiger partial charge in [-0.2, -0.15) is 0 Å². The molecule has 0 aliphatic carbocycles. The number of rotatable bonds is 22. The molecular weight excluding hydrogens is 504 g/mol. The Labute approximate surface area is 241 Å². The molecule has 6 heteroatoms. The molecule has 0 atom stereocenters. The topological polar surface area (TPSA) is 71.1 Å². The van der Waals surface area contributed by atoms with Crippen LogP contribution in [0.2, 0.25) is 0 Å². The van der Waals surface area contributed by atoms with E-state index in [1.807, 2.05) is 24.3 Å². The predicted octanol–water partition coefficient (Wildman–Crippen LogP) is 9.47. The fourth-order valence-electron chi connectivity index (χ4n) is 4.29. The quantitative estimate of drug-likeness (QED) is 0.0823. The van der Waals surface area contributed by atoms with Gasteiger partial charge in [0.15, 0.2) is 0 Å². The summed E-state index contributed by atoms with van der Waals surface area (Å²) in [5.74, 6) is -1.28. The van der Waals surface area contributed by atoms with E-state index in [9.17, 15) is 9.59 Å². The van der Waals surface area contributed by atoms with Gasteiger partial charge in [-0.15, -0.1) is 9.78 Å². The number of aryl methyl sites for hydroxylation is 2. The Balaban J connectivity index is 1.87. The third-order valence-electron chi connectivity index (χ3n) is 6.82. The van der Waals surface area contributed by atoms with Crippen LogP contribution < -0.4 is 0 Å². The van der Waals surface area contributed by atoms with E-state index < -0.39 is 11.9 Å². The van der Waals surface area contributed by atoms with E-state index in [1.165, 1.54) is 36.8 Å². The predicted molar refractivity (Wildman–Crippen MR) is 158 cm³/mol. The molecule has 0 saturated heterocycles. The Hall–Kier alpha value is -2.70. The Morgan fingerprint density at radius 3 is 1.40 bits per heavy atom. The van der Waals surface area contributed by atoms with Gasteiger partial charge in [-0.1, -0.05) is 109 Å². The molecular formula is C34H48O6. The fourth-order valence-corrected chi connectivity index (χ4v) is 4.29. The molecule has 0 N–H and O–H groups in total. The first-order valence-corrected chi connectivity index (χ1v) is 15.2. The van der Waals surface area contributed by atoms with Gasteiger partial charge >= 0.3 is 18.2 Å². The third-order valence-corrected chi connectivity index (χ3v) is 6.82. The number of benzene rings is 2. The van der Waals surface area contributed by atoms with Crippen molar-refractivity contribution in [1.29, 1.82) is 0 Å². The first-order valence-electron chi connectivity index (χ1n) is 15.2. The van der Waals surface area contributed by atoms with E-state index in [0.717, 1.165) is 70.6 Å². The van der Waals surface area contributed by atoms with E-state index in [2.05, 4.69) is 20.8 Å². The van der Waals surface area contributed by atoms with Crippen molar-refractivity contribution in [2.45, 2.75) is 117 Å². The van der Waals surface area contributed by atoms with E-state index in [1.54, 1.807) is 24.3 Å². The average Bonchev–Trinajstić information content (AvgIpc) is 2.98. The number of unbranched alkanes of at least 4 members (excludes halogenated alkanes) is 10. The molecule has 2 aromatic carbocycles. The molecule has 0 saturated carbocycles. The van der Waals surface area contributed by atoms with Crippen LogP contribution in [0, 0.1) is 13.2 Å². The molecule has 40 heavy (non-hydrogen) atoms. The first kappa shape index (κ1) is 33.5. The normalized spacial score (nSPS) is 11.1. The molecule has 0 spiro atoms. The lowest BCUT2D eigenvalue weighted by atomic mass is 10.1. The van der Waals surface area contributed by atoms with Crippen molar-refractivity contribution in [2.24, 2.45) is 0 Å². The van der Waals surface area contributed by atoms with Crippen molar-refractivity contribution < 1.29 is 29.1 Å². The zero-order valence-corrected chi connectivity index (χ0v) is 24.6. The van der Waals surface area contributed by atoms with Crippen molar-refractivity contribution in [1.82, 2.24) is 0 Å². The number of hydrogen-bond acceptors (Lipinski definition) is 6. The van der Waals surface area contributed by atoms with Gasteiger partial charge in [0.1, 0.15) is 0 Å². The fraction of sp³-hybridized carbons (Fsp3) is 0.529. The highest BCUT2D eigenvalue weighted by Crippen LogP contribution is 2.20. The second-order valence-electron chi connectivity index (χ2n) is 10.3. The zero-order chi connectivity index (χ0) is 28.8. The molecule has 0 amide bonds. The Morgan fingerprint density at radius 2 is 0.975 bits per heavy atom. The lowest BCUT2D eigenvalue weighted by molar-refractivity contribution is -0.363. The molecule has 0 unspecified atom stereocenters. The van der Waals surface area contributed by atoms with Gasteiger partial charge in [0, 0.05) is 6.42 Å². The molecule has 0 aromatic heterocycles. The van der Waals surface area contributed by atoms with Crippen molar-refractivity contribution in [2.75, 3.05) is 0 Å². The molecule has 0 heterocycles. The molecule has 2 aromatic rings. The van der Waals surface area contributed by atoms with Gasteiger partial charge in [-0.05, 0) is 67.5 Å². The maximum Gasteiger partial charge on any atom is 0.373 e. The van der Waals surface area contributed by atoms with E-state index in [4.69, 9.17) is 19.6 Å². The SMILES string of the molecule is [CH2]CCCCCCCC[C](OOC(=O)c1ccc(CCCCC)cc1)OOC(=O)c1ccc(CCCCC)cc1. The van der Waals surface area contributed by atoms with Gasteiger partial charge in [0.2, 0.25) is 0 Å². The average molecular weight is 553 g/mol. The zero-order valence-electron chi connectivity index (χ0n) is 24.6. The second kappa shape index (κ2) is 21.1. The minimum Gasteiger partial charge on any atom is -0.289 e. The van der Waals surface area contributed by atoms with Gasteiger partial charge < -0.3 is 0 Å². The summed E-state index contributed by atoms with van der Waals surface area (Å²) in [6.07, 6.45) is 16.3. The highest BCUT2D eigenvalue weighted by molar-refractivity contribution is 5.89. The minimum absolute atomic E-state index is 0.0631. The summed E-state index contributed by atoms with van der Waals surface area (Å²) >= 11 is 0. The lowest BCUT2D eigenvalue weighted by Crippen LogP contribution is -2.16. The molecule has 2 radical (unpaired) electrons. The van der Waals surface area contributed by atoms with Crippen molar-refractivity contribution in [3.05, 3.63) is 84.0 Å². The van der Waals surface area contributed by atoms with Crippen LogP contribution in [0.15, 0.2) is 48.5 Å². The summed E-state index contributed by atoms with van der Waals surface area (Å²) in [7, 11) is 0. The smallest absolute Gasteiger partial charge is 0.289 e. The standard InChI is InChI=1S/C34H48O6/c1-4-7-10-11-12-13-16-19-32(37-39-33(35)30-24-20-28(21-25-30)17-14-8-5-2)38-40-34(36)31-26-22-29(23-27-31)18-15-9-6-3/h20-27H,1,4-19H2,2-3H3. The maximum atomic E-state index is 12.6. The Bertz CT molecular complexity index is 868. The van der Waals surface area contributed by atoms with Crippen LogP contribution in [0.3, 0.4) is 0 Å². The highest BCUT2D eigenvalue weighted by atomic mass is 17.3. The van der Waals surface area contributed by atoms with Crippen LogP contribution in [0.25, 0.3) is 0 Å². The molecule has 0 bridgehead atoms. The molecule has 0 fully saturated rings. The lowest BCUT2D eigenvalue weighted by Gasteiger charge is -2.14. The van der Waals surface area contributed by atoms with Gasteiger partial charge in [0.25, 0.3) is 0 Å². The van der Waals surface area contributed by atoms with Crippen LogP contribution >= 0.6 is 0 Å². The Kier molecular flexibility index (Phi) is 17.7. The maximum absolute atomic E-state index is 12.6. The molecule has 0 aliphatic heterocycles. The van der Waals surface area contributed by atoms with Gasteiger partial charge in [-0.25, -0.2) is 9.59 Å². The van der Waals surface area contributed by atoms with Crippen LogP contribution in [0.4, 0.5) is 0 Å². The molecule has 0 aliphatic rings. The van der Waals surface area contributed by atoms with E-state index in [-0.39, 0.29) is 6.29 Å². The highest BCUT2D eigenvalue weighted by Gasteiger charge is 2.21. The van der Waals surface area contributed by atoms with Crippen molar-refractivity contribution in [3.63, 3.8) is 0 Å². The monoisotopic (exact) mass is 552 g/mol.